The molecule has 0 saturated heterocycles. The summed E-state index contributed by atoms with van der Waals surface area (Å²) in [4.78, 5) is 12.1. The summed E-state index contributed by atoms with van der Waals surface area (Å²) in [6.45, 7) is 6.33. The van der Waals surface area contributed by atoms with E-state index in [9.17, 15) is 4.79 Å². The molecule has 1 aromatic rings. The third kappa shape index (κ3) is 3.08. The average Bonchev–Trinajstić information content (AvgIpc) is 2.71. The van der Waals surface area contributed by atoms with Gasteiger partial charge in [0.05, 0.1) is 0 Å². The highest BCUT2D eigenvalue weighted by molar-refractivity contribution is 5.94. The van der Waals surface area contributed by atoms with E-state index in [-0.39, 0.29) is 11.6 Å². The Balaban J connectivity index is 2.85. The number of hydrogen-bond donors (Lipinski definition) is 2. The van der Waals surface area contributed by atoms with Crippen LogP contribution in [0, 0.1) is 6.92 Å². The molecule has 102 valence electrons. The number of carbonyl (C=O) groups is 1. The third-order valence-electron chi connectivity index (χ3n) is 3.16. The standard InChI is InChI=1S/C12H21N3O3/c1-5-12(3,7-13)14-11(16)10-8(2)9(6-17-4)18-15-10/h5-7,13H2,1-4H3,(H,14,16). The first-order valence-electron chi connectivity index (χ1n) is 5.94. The summed E-state index contributed by atoms with van der Waals surface area (Å²) in [6, 6.07) is 0. The van der Waals surface area contributed by atoms with Crippen molar-refractivity contribution >= 4 is 5.91 Å². The van der Waals surface area contributed by atoms with E-state index in [1.54, 1.807) is 14.0 Å². The van der Waals surface area contributed by atoms with Crippen molar-refractivity contribution in [3.8, 4) is 0 Å². The highest BCUT2D eigenvalue weighted by Gasteiger charge is 2.26. The second-order valence-electron chi connectivity index (χ2n) is 4.58. The van der Waals surface area contributed by atoms with Crippen LogP contribution >= 0.6 is 0 Å². The molecule has 1 aromatic heterocycles. The number of carbonyl (C=O) groups excluding carboxylic acids is 1. The van der Waals surface area contributed by atoms with Crippen LogP contribution in [-0.2, 0) is 11.3 Å². The molecule has 3 N–H and O–H groups in total. The summed E-state index contributed by atoms with van der Waals surface area (Å²) >= 11 is 0. The molecule has 0 saturated carbocycles. The second kappa shape index (κ2) is 5.97. The summed E-state index contributed by atoms with van der Waals surface area (Å²) in [5, 5.41) is 6.66. The molecule has 0 aliphatic carbocycles. The summed E-state index contributed by atoms with van der Waals surface area (Å²) in [5.41, 5.74) is 6.22. The van der Waals surface area contributed by atoms with Crippen molar-refractivity contribution in [1.82, 2.24) is 10.5 Å². The van der Waals surface area contributed by atoms with E-state index >= 15 is 0 Å². The van der Waals surface area contributed by atoms with Crippen molar-refractivity contribution in [2.75, 3.05) is 13.7 Å². The van der Waals surface area contributed by atoms with Crippen molar-refractivity contribution in [2.45, 2.75) is 39.3 Å². The van der Waals surface area contributed by atoms with E-state index < -0.39 is 5.54 Å². The fourth-order valence-corrected chi connectivity index (χ4v) is 1.46. The van der Waals surface area contributed by atoms with Crippen LogP contribution in [0.15, 0.2) is 4.52 Å². The molecule has 1 atom stereocenters. The first-order valence-corrected chi connectivity index (χ1v) is 5.94. The van der Waals surface area contributed by atoms with Crippen LogP contribution in [0.4, 0.5) is 0 Å². The van der Waals surface area contributed by atoms with Crippen molar-refractivity contribution in [2.24, 2.45) is 5.73 Å². The van der Waals surface area contributed by atoms with Gasteiger partial charge < -0.3 is 20.3 Å². The van der Waals surface area contributed by atoms with Gasteiger partial charge in [0.15, 0.2) is 11.5 Å². The van der Waals surface area contributed by atoms with E-state index in [1.807, 2.05) is 13.8 Å². The van der Waals surface area contributed by atoms with Crippen molar-refractivity contribution < 1.29 is 14.1 Å². The number of nitrogens with two attached hydrogens (primary N) is 1. The maximum Gasteiger partial charge on any atom is 0.274 e. The monoisotopic (exact) mass is 255 g/mol. The summed E-state index contributed by atoms with van der Waals surface area (Å²) in [5.74, 6) is 0.294. The molecular formula is C12H21N3O3. The number of amides is 1. The Labute approximate surface area is 107 Å². The minimum absolute atomic E-state index is 0.270. The maximum absolute atomic E-state index is 12.1. The smallest absolute Gasteiger partial charge is 0.274 e. The Hall–Kier alpha value is -1.40. The largest absolute Gasteiger partial charge is 0.377 e. The first kappa shape index (κ1) is 14.7. The molecular weight excluding hydrogens is 234 g/mol. The lowest BCUT2D eigenvalue weighted by Crippen LogP contribution is -2.51. The van der Waals surface area contributed by atoms with Crippen LogP contribution in [0.5, 0.6) is 0 Å². The minimum Gasteiger partial charge on any atom is -0.377 e. The van der Waals surface area contributed by atoms with Gasteiger partial charge in [-0.25, -0.2) is 0 Å². The zero-order chi connectivity index (χ0) is 13.8. The molecule has 1 amide bonds. The van der Waals surface area contributed by atoms with Gasteiger partial charge in [-0.2, -0.15) is 0 Å². The van der Waals surface area contributed by atoms with Gasteiger partial charge in [-0.1, -0.05) is 12.1 Å². The van der Waals surface area contributed by atoms with Crippen LogP contribution in [0.25, 0.3) is 0 Å². The molecule has 1 rings (SSSR count). The summed E-state index contributed by atoms with van der Waals surface area (Å²) in [7, 11) is 1.56. The predicted octanol–water partition coefficient (Wildman–Crippen LogP) is 0.987. The van der Waals surface area contributed by atoms with Crippen LogP contribution in [0.1, 0.15) is 42.1 Å². The molecule has 0 aromatic carbocycles. The first-order chi connectivity index (χ1) is 8.47. The number of ether oxygens (including phenoxy) is 1. The zero-order valence-corrected chi connectivity index (χ0v) is 11.4. The SMILES string of the molecule is CCC(C)(CN)NC(=O)c1noc(COC)c1C. The lowest BCUT2D eigenvalue weighted by molar-refractivity contribution is 0.0896. The van der Waals surface area contributed by atoms with Gasteiger partial charge in [-0.15, -0.1) is 0 Å². The van der Waals surface area contributed by atoms with E-state index in [1.165, 1.54) is 0 Å². The van der Waals surface area contributed by atoms with Crippen molar-refractivity contribution in [1.29, 1.82) is 0 Å². The third-order valence-corrected chi connectivity index (χ3v) is 3.16. The van der Waals surface area contributed by atoms with Gasteiger partial charge in [-0.3, -0.25) is 4.79 Å². The number of nitrogens with one attached hydrogen (secondary N) is 1. The Kier molecular flexibility index (Phi) is 4.86. The zero-order valence-electron chi connectivity index (χ0n) is 11.4. The molecule has 0 radical (unpaired) electrons. The molecule has 0 fully saturated rings. The van der Waals surface area contributed by atoms with Crippen LogP contribution in [-0.4, -0.2) is 30.3 Å². The molecule has 0 spiro atoms. The minimum atomic E-state index is -0.427. The highest BCUT2D eigenvalue weighted by atomic mass is 16.5. The number of nitrogens with zero attached hydrogens (tertiary/aromatic N) is 1. The molecule has 0 bridgehead atoms. The van der Waals surface area contributed by atoms with Crippen LogP contribution in [0.3, 0.4) is 0 Å². The van der Waals surface area contributed by atoms with E-state index in [0.717, 1.165) is 6.42 Å². The van der Waals surface area contributed by atoms with Crippen LogP contribution < -0.4 is 11.1 Å². The summed E-state index contributed by atoms with van der Waals surface area (Å²) in [6.07, 6.45) is 0.747. The van der Waals surface area contributed by atoms with Gasteiger partial charge >= 0.3 is 0 Å². The molecule has 0 aliphatic heterocycles. The molecule has 0 aliphatic rings. The van der Waals surface area contributed by atoms with Gasteiger partial charge in [0.1, 0.15) is 6.61 Å². The topological polar surface area (TPSA) is 90.4 Å². The summed E-state index contributed by atoms with van der Waals surface area (Å²) < 4.78 is 10.0. The molecule has 1 heterocycles. The van der Waals surface area contributed by atoms with Crippen LogP contribution in [0.2, 0.25) is 0 Å². The fourth-order valence-electron chi connectivity index (χ4n) is 1.46. The normalized spacial score (nSPS) is 14.3. The van der Waals surface area contributed by atoms with Crippen molar-refractivity contribution in [3.05, 3.63) is 17.0 Å². The van der Waals surface area contributed by atoms with Gasteiger partial charge in [0.25, 0.3) is 5.91 Å². The van der Waals surface area contributed by atoms with Gasteiger partial charge in [0.2, 0.25) is 0 Å². The quantitative estimate of drug-likeness (QED) is 0.791. The lowest BCUT2D eigenvalue weighted by Gasteiger charge is -2.27. The Morgan fingerprint density at radius 3 is 2.78 bits per heavy atom. The molecule has 6 heteroatoms. The average molecular weight is 255 g/mol. The Morgan fingerprint density at radius 2 is 2.28 bits per heavy atom. The van der Waals surface area contributed by atoms with E-state index in [0.29, 0.717) is 24.5 Å². The number of rotatable bonds is 6. The number of methoxy groups -OCH3 is 1. The highest BCUT2D eigenvalue weighted by Crippen LogP contribution is 2.15. The van der Waals surface area contributed by atoms with Gasteiger partial charge in [0, 0.05) is 24.8 Å². The predicted molar refractivity (Wildman–Crippen MR) is 67.2 cm³/mol. The van der Waals surface area contributed by atoms with E-state index in [4.69, 9.17) is 15.0 Å². The molecule has 18 heavy (non-hydrogen) atoms. The van der Waals surface area contributed by atoms with E-state index in [2.05, 4.69) is 10.5 Å². The maximum atomic E-state index is 12.1. The van der Waals surface area contributed by atoms with Crippen molar-refractivity contribution in [3.63, 3.8) is 0 Å². The molecule has 6 nitrogen and oxygen atoms in total. The second-order valence-corrected chi connectivity index (χ2v) is 4.58. The molecule has 1 unspecified atom stereocenters. The Bertz CT molecular complexity index is 411. The number of hydrogen-bond acceptors (Lipinski definition) is 5. The fraction of sp³-hybridized carbons (Fsp3) is 0.667. The lowest BCUT2D eigenvalue weighted by atomic mass is 9.99. The van der Waals surface area contributed by atoms with Gasteiger partial charge in [-0.05, 0) is 20.3 Å². The Morgan fingerprint density at radius 1 is 1.61 bits per heavy atom. The number of aromatic nitrogens is 1.